The third kappa shape index (κ3) is 3.98. The first-order valence-corrected chi connectivity index (χ1v) is 7.60. The molecule has 2 saturated heterocycles. The molecule has 0 atom stereocenters. The number of rotatable bonds is 4. The zero-order chi connectivity index (χ0) is 14.5. The van der Waals surface area contributed by atoms with Gasteiger partial charge in [0.05, 0.1) is 13.2 Å². The van der Waals surface area contributed by atoms with Crippen LogP contribution >= 0.6 is 0 Å². The minimum absolute atomic E-state index is 0.104. The first-order valence-electron chi connectivity index (χ1n) is 7.60. The fraction of sp³-hybridized carbons (Fsp3) is 0.846. The minimum atomic E-state index is 0.104. The lowest BCUT2D eigenvalue weighted by atomic mass is 9.96. The maximum atomic E-state index is 12.1. The second-order valence-electron chi connectivity index (χ2n) is 5.74. The highest BCUT2D eigenvalue weighted by atomic mass is 16.5. The molecule has 0 aromatic carbocycles. The summed E-state index contributed by atoms with van der Waals surface area (Å²) in [6.07, 6.45) is 3.64. The van der Waals surface area contributed by atoms with E-state index in [1.165, 1.54) is 11.0 Å². The van der Waals surface area contributed by atoms with Gasteiger partial charge in [-0.05, 0) is 29.2 Å². The Kier molecular flexibility index (Phi) is 4.76. The minimum Gasteiger partial charge on any atom is -0.379 e. The Hall–Kier alpha value is -1.54. The number of hydrogen-bond acceptors (Lipinski definition) is 6. The number of likely N-dealkylation sites (tertiary alicyclic amines) is 1. The molecule has 3 rings (SSSR count). The molecule has 0 aliphatic carbocycles. The highest BCUT2D eigenvalue weighted by molar-refractivity contribution is 5.75. The van der Waals surface area contributed by atoms with E-state index < -0.39 is 0 Å². The first kappa shape index (κ1) is 14.4. The van der Waals surface area contributed by atoms with Crippen LogP contribution in [0.3, 0.4) is 0 Å². The van der Waals surface area contributed by atoms with Crippen LogP contribution in [-0.2, 0) is 16.1 Å². The van der Waals surface area contributed by atoms with Crippen molar-refractivity contribution in [2.24, 2.45) is 5.92 Å². The number of carbonyl (C=O) groups excluding carboxylic acids is 1. The lowest BCUT2D eigenvalue weighted by Gasteiger charge is -2.36. The molecular weight excluding hydrogens is 272 g/mol. The van der Waals surface area contributed by atoms with Gasteiger partial charge < -0.3 is 9.64 Å². The highest BCUT2D eigenvalue weighted by Gasteiger charge is 2.25. The molecule has 2 aliphatic rings. The molecule has 1 aromatic heterocycles. The van der Waals surface area contributed by atoms with Crippen molar-refractivity contribution in [3.63, 3.8) is 0 Å². The molecule has 0 saturated carbocycles. The highest BCUT2D eigenvalue weighted by Crippen LogP contribution is 2.19. The maximum Gasteiger partial charge on any atom is 0.244 e. The molecule has 3 heterocycles. The van der Waals surface area contributed by atoms with Crippen molar-refractivity contribution in [2.45, 2.75) is 19.4 Å². The van der Waals surface area contributed by atoms with Crippen molar-refractivity contribution in [3.05, 3.63) is 6.33 Å². The number of tetrazole rings is 1. The molecule has 0 N–H and O–H groups in total. The van der Waals surface area contributed by atoms with E-state index in [1.54, 1.807) is 0 Å². The van der Waals surface area contributed by atoms with E-state index in [2.05, 4.69) is 20.4 Å². The van der Waals surface area contributed by atoms with Gasteiger partial charge in [-0.1, -0.05) is 0 Å². The number of ether oxygens (including phenoxy) is 1. The summed E-state index contributed by atoms with van der Waals surface area (Å²) in [4.78, 5) is 16.6. The number of nitrogens with zero attached hydrogens (tertiary/aromatic N) is 6. The Morgan fingerprint density at radius 2 is 1.95 bits per heavy atom. The summed E-state index contributed by atoms with van der Waals surface area (Å²) in [5.41, 5.74) is 0. The fourth-order valence-corrected chi connectivity index (χ4v) is 3.01. The van der Waals surface area contributed by atoms with Crippen LogP contribution in [0.5, 0.6) is 0 Å². The van der Waals surface area contributed by atoms with Crippen molar-refractivity contribution in [1.29, 1.82) is 0 Å². The molecule has 2 fully saturated rings. The topological polar surface area (TPSA) is 76.4 Å². The van der Waals surface area contributed by atoms with Crippen LogP contribution < -0.4 is 0 Å². The van der Waals surface area contributed by atoms with Crippen LogP contribution in [0.2, 0.25) is 0 Å². The number of carbonyl (C=O) groups is 1. The Balaban J connectivity index is 1.41. The van der Waals surface area contributed by atoms with Crippen molar-refractivity contribution < 1.29 is 9.53 Å². The lowest BCUT2D eigenvalue weighted by molar-refractivity contribution is -0.133. The summed E-state index contributed by atoms with van der Waals surface area (Å²) >= 11 is 0. The third-order valence-corrected chi connectivity index (χ3v) is 4.28. The standard InChI is InChI=1S/C13H22N6O2/c20-13(10-19-11-14-15-16-19)18-3-1-12(2-4-18)9-17-5-7-21-8-6-17/h11-12H,1-10H2. The maximum absolute atomic E-state index is 12.1. The third-order valence-electron chi connectivity index (χ3n) is 4.28. The molecule has 116 valence electrons. The van der Waals surface area contributed by atoms with E-state index in [-0.39, 0.29) is 12.5 Å². The molecule has 1 amide bonds. The second-order valence-corrected chi connectivity index (χ2v) is 5.74. The number of morpholine rings is 1. The predicted molar refractivity (Wildman–Crippen MR) is 74.4 cm³/mol. The van der Waals surface area contributed by atoms with E-state index in [1.807, 2.05) is 4.90 Å². The Morgan fingerprint density at radius 1 is 1.19 bits per heavy atom. The molecule has 8 nitrogen and oxygen atoms in total. The number of aromatic nitrogens is 4. The van der Waals surface area contributed by atoms with E-state index in [0.29, 0.717) is 5.92 Å². The summed E-state index contributed by atoms with van der Waals surface area (Å²) in [7, 11) is 0. The molecular formula is C13H22N6O2. The van der Waals surface area contributed by atoms with Crippen LogP contribution in [0.15, 0.2) is 6.33 Å². The molecule has 8 heteroatoms. The Labute approximate surface area is 124 Å². The first-order chi connectivity index (χ1) is 10.3. The van der Waals surface area contributed by atoms with Gasteiger partial charge >= 0.3 is 0 Å². The van der Waals surface area contributed by atoms with Gasteiger partial charge in [-0.15, -0.1) is 5.10 Å². The normalized spacial score (nSPS) is 21.6. The van der Waals surface area contributed by atoms with E-state index in [4.69, 9.17) is 4.74 Å². The van der Waals surface area contributed by atoms with Gasteiger partial charge in [-0.2, -0.15) is 0 Å². The van der Waals surface area contributed by atoms with Crippen molar-refractivity contribution in [3.8, 4) is 0 Å². The molecule has 0 spiro atoms. The average molecular weight is 294 g/mol. The van der Waals surface area contributed by atoms with E-state index in [9.17, 15) is 4.79 Å². The average Bonchev–Trinajstić information content (AvgIpc) is 3.02. The van der Waals surface area contributed by atoms with E-state index >= 15 is 0 Å². The SMILES string of the molecule is O=C(Cn1cnnn1)N1CCC(CN2CCOCC2)CC1. The monoisotopic (exact) mass is 294 g/mol. The van der Waals surface area contributed by atoms with Crippen LogP contribution in [0.4, 0.5) is 0 Å². The predicted octanol–water partition coefficient (Wildman–Crippen LogP) is -0.756. The Bertz CT molecular complexity index is 438. The Morgan fingerprint density at radius 3 is 2.62 bits per heavy atom. The fourth-order valence-electron chi connectivity index (χ4n) is 3.01. The van der Waals surface area contributed by atoms with Crippen molar-refractivity contribution in [1.82, 2.24) is 30.0 Å². The summed E-state index contributed by atoms with van der Waals surface area (Å²) < 4.78 is 6.85. The lowest BCUT2D eigenvalue weighted by Crippen LogP contribution is -2.45. The summed E-state index contributed by atoms with van der Waals surface area (Å²) in [6.45, 7) is 6.84. The van der Waals surface area contributed by atoms with Crippen LogP contribution in [0.1, 0.15) is 12.8 Å². The smallest absolute Gasteiger partial charge is 0.244 e. The summed E-state index contributed by atoms with van der Waals surface area (Å²) in [6, 6.07) is 0. The van der Waals surface area contributed by atoms with Crippen molar-refractivity contribution >= 4 is 5.91 Å². The van der Waals surface area contributed by atoms with Crippen LogP contribution in [0.25, 0.3) is 0 Å². The van der Waals surface area contributed by atoms with Gasteiger partial charge in [-0.3, -0.25) is 9.69 Å². The van der Waals surface area contributed by atoms with Gasteiger partial charge in [0, 0.05) is 32.7 Å². The summed E-state index contributed by atoms with van der Waals surface area (Å²) in [5, 5.41) is 10.8. The molecule has 0 unspecified atom stereocenters. The number of amides is 1. The largest absolute Gasteiger partial charge is 0.379 e. The van der Waals surface area contributed by atoms with Gasteiger partial charge in [-0.25, -0.2) is 4.68 Å². The summed E-state index contributed by atoms with van der Waals surface area (Å²) in [5.74, 6) is 0.798. The zero-order valence-electron chi connectivity index (χ0n) is 12.2. The number of hydrogen-bond donors (Lipinski definition) is 0. The molecule has 0 bridgehead atoms. The number of piperidine rings is 1. The quantitative estimate of drug-likeness (QED) is 0.727. The van der Waals surface area contributed by atoms with Gasteiger partial charge in [0.25, 0.3) is 0 Å². The van der Waals surface area contributed by atoms with E-state index in [0.717, 1.165) is 58.8 Å². The second kappa shape index (κ2) is 6.95. The zero-order valence-corrected chi connectivity index (χ0v) is 12.2. The van der Waals surface area contributed by atoms with Gasteiger partial charge in [0.2, 0.25) is 5.91 Å². The molecule has 0 radical (unpaired) electrons. The van der Waals surface area contributed by atoms with Gasteiger partial charge in [0.1, 0.15) is 12.9 Å². The molecule has 1 aromatic rings. The van der Waals surface area contributed by atoms with Crippen LogP contribution in [-0.4, -0.2) is 81.9 Å². The van der Waals surface area contributed by atoms with Crippen LogP contribution in [0, 0.1) is 5.92 Å². The van der Waals surface area contributed by atoms with Crippen molar-refractivity contribution in [2.75, 3.05) is 45.9 Å². The molecule has 21 heavy (non-hydrogen) atoms. The van der Waals surface area contributed by atoms with Gasteiger partial charge in [0.15, 0.2) is 0 Å². The molecule has 2 aliphatic heterocycles.